The van der Waals surface area contributed by atoms with E-state index in [0.717, 1.165) is 59.8 Å². The highest BCUT2D eigenvalue weighted by Crippen LogP contribution is 2.38. The van der Waals surface area contributed by atoms with Crippen LogP contribution < -0.4 is 5.32 Å². The molecule has 220 valence electrons. The van der Waals surface area contributed by atoms with Gasteiger partial charge in [-0.2, -0.15) is 0 Å². The maximum atomic E-state index is 13.6. The zero-order valence-electron chi connectivity index (χ0n) is 25.1. The Morgan fingerprint density at radius 2 is 1.65 bits per heavy atom. The highest BCUT2D eigenvalue weighted by molar-refractivity contribution is 6.04. The van der Waals surface area contributed by atoms with E-state index in [1.165, 1.54) is 36.0 Å². The molecule has 0 aliphatic heterocycles. The topological polar surface area (TPSA) is 59.1 Å². The number of nitrogens with zero attached hydrogens (tertiary/aromatic N) is 1. The van der Waals surface area contributed by atoms with Crippen molar-refractivity contribution in [1.29, 1.82) is 0 Å². The van der Waals surface area contributed by atoms with Gasteiger partial charge in [0.1, 0.15) is 0 Å². The number of nitrogens with one attached hydrogen (secondary N) is 1. The highest BCUT2D eigenvalue weighted by atomic mass is 16.1. The molecule has 6 rings (SSSR count). The van der Waals surface area contributed by atoms with Crippen LogP contribution in [-0.2, 0) is 24.1 Å². The van der Waals surface area contributed by atoms with Gasteiger partial charge in [0.15, 0.2) is 5.78 Å². The Hall–Kier alpha value is -4.05. The second kappa shape index (κ2) is 13.9. The maximum absolute atomic E-state index is 13.6. The summed E-state index contributed by atoms with van der Waals surface area (Å²) in [5, 5.41) is 4.24. The van der Waals surface area contributed by atoms with Gasteiger partial charge in [-0.3, -0.25) is 14.6 Å². The quantitative estimate of drug-likeness (QED) is 0.208. The molecule has 0 bridgehead atoms. The molecule has 43 heavy (non-hydrogen) atoms. The fourth-order valence-corrected chi connectivity index (χ4v) is 7.00. The summed E-state index contributed by atoms with van der Waals surface area (Å²) in [5.74, 6) is 1.04. The number of fused-ring (bicyclic) bond motifs is 2. The smallest absolute Gasteiger partial charge is 0.220 e. The third-order valence-corrected chi connectivity index (χ3v) is 9.25. The summed E-state index contributed by atoms with van der Waals surface area (Å²) >= 11 is 0. The Bertz CT molecular complexity index is 1590. The number of benzene rings is 3. The Morgan fingerprint density at radius 3 is 2.44 bits per heavy atom. The fourth-order valence-electron chi connectivity index (χ4n) is 7.00. The van der Waals surface area contributed by atoms with E-state index in [2.05, 4.69) is 72.1 Å². The normalized spacial score (nSPS) is 17.3. The van der Waals surface area contributed by atoms with Crippen molar-refractivity contribution in [2.24, 2.45) is 5.92 Å². The van der Waals surface area contributed by atoms with Crippen molar-refractivity contribution in [3.8, 4) is 0 Å². The van der Waals surface area contributed by atoms with Crippen molar-refractivity contribution in [2.45, 2.75) is 76.5 Å². The first kappa shape index (κ1) is 29.0. The first-order valence-electron chi connectivity index (χ1n) is 16.1. The SMILES string of the molecule is O=C(CC1CCCCC1)NCCc1c2c(nc3ccc(CC=Cc4ccccc4)cc13)C(Cc1ccccc1)CCC2=O. The first-order chi connectivity index (χ1) is 21.1. The summed E-state index contributed by atoms with van der Waals surface area (Å²) < 4.78 is 0. The second-order valence-corrected chi connectivity index (χ2v) is 12.4. The number of aromatic nitrogens is 1. The van der Waals surface area contributed by atoms with Gasteiger partial charge in [-0.25, -0.2) is 0 Å². The zero-order valence-corrected chi connectivity index (χ0v) is 25.1. The van der Waals surface area contributed by atoms with Crippen molar-refractivity contribution in [3.63, 3.8) is 0 Å². The number of ketones is 1. The Balaban J connectivity index is 1.29. The molecule has 1 saturated carbocycles. The number of carbonyl (C=O) groups is 2. The van der Waals surface area contributed by atoms with Gasteiger partial charge in [-0.05, 0) is 78.8 Å². The minimum atomic E-state index is 0.138. The lowest BCUT2D eigenvalue weighted by atomic mass is 9.79. The van der Waals surface area contributed by atoms with Crippen LogP contribution in [0.5, 0.6) is 0 Å². The van der Waals surface area contributed by atoms with Crippen LogP contribution in [0.25, 0.3) is 17.0 Å². The number of Topliss-reactive ketones (excluding diaryl/α,β-unsaturated/α-hetero) is 1. The van der Waals surface area contributed by atoms with Crippen LogP contribution in [0.4, 0.5) is 0 Å². The number of allylic oxidation sites excluding steroid dienone is 1. The molecule has 4 aromatic rings. The monoisotopic (exact) mass is 570 g/mol. The van der Waals surface area contributed by atoms with Crippen LogP contribution in [-0.4, -0.2) is 23.2 Å². The van der Waals surface area contributed by atoms with Gasteiger partial charge in [0.2, 0.25) is 5.91 Å². The third kappa shape index (κ3) is 7.30. The number of pyridine rings is 1. The molecule has 1 atom stereocenters. The molecule has 1 aromatic heterocycles. The van der Waals surface area contributed by atoms with Gasteiger partial charge in [-0.1, -0.05) is 98.1 Å². The Morgan fingerprint density at radius 1 is 0.884 bits per heavy atom. The number of carbonyl (C=O) groups excluding carboxylic acids is 2. The first-order valence-corrected chi connectivity index (χ1v) is 16.1. The summed E-state index contributed by atoms with van der Waals surface area (Å²) in [6.45, 7) is 0.534. The molecule has 1 fully saturated rings. The summed E-state index contributed by atoms with van der Waals surface area (Å²) in [6.07, 6.45) is 14.7. The molecular formula is C39H42N2O2. The lowest BCUT2D eigenvalue weighted by Crippen LogP contribution is -2.29. The van der Waals surface area contributed by atoms with Crippen LogP contribution in [0.2, 0.25) is 0 Å². The van der Waals surface area contributed by atoms with Crippen LogP contribution >= 0.6 is 0 Å². The van der Waals surface area contributed by atoms with Gasteiger partial charge in [0, 0.05) is 36.3 Å². The number of hydrogen-bond donors (Lipinski definition) is 1. The predicted molar refractivity (Wildman–Crippen MR) is 175 cm³/mol. The Kier molecular flexibility index (Phi) is 9.42. The maximum Gasteiger partial charge on any atom is 0.220 e. The van der Waals surface area contributed by atoms with E-state index in [1.807, 2.05) is 24.3 Å². The summed E-state index contributed by atoms with van der Waals surface area (Å²) in [4.78, 5) is 31.6. The molecule has 2 aliphatic rings. The zero-order chi connectivity index (χ0) is 29.4. The molecule has 2 aliphatic carbocycles. The van der Waals surface area contributed by atoms with Crippen LogP contribution in [0.1, 0.15) is 95.6 Å². The van der Waals surface area contributed by atoms with Gasteiger partial charge in [0.05, 0.1) is 11.2 Å². The standard InChI is InChI=1S/C39H42N2O2/c42-36-22-20-32(25-29-13-6-2-7-14-29)39-38(36)33(23-24-40-37(43)27-30-15-8-3-9-16-30)34-26-31(19-21-35(34)41-39)18-10-17-28-11-4-1-5-12-28/h1-2,4-7,10-14,17,19,21,26,30,32H,3,8-9,15-16,18,20,22-25,27H2,(H,40,43). The average Bonchev–Trinajstić information content (AvgIpc) is 3.04. The van der Waals surface area contributed by atoms with Crippen molar-refractivity contribution in [3.05, 3.63) is 118 Å². The summed E-state index contributed by atoms with van der Waals surface area (Å²) in [5.41, 5.74) is 7.37. The molecule has 1 N–H and O–H groups in total. The molecule has 4 nitrogen and oxygen atoms in total. The lowest BCUT2D eigenvalue weighted by molar-refractivity contribution is -0.122. The molecule has 0 radical (unpaired) electrons. The van der Waals surface area contributed by atoms with Crippen molar-refractivity contribution in [2.75, 3.05) is 6.54 Å². The molecule has 0 spiro atoms. The molecule has 0 saturated heterocycles. The second-order valence-electron chi connectivity index (χ2n) is 12.4. The molecule has 3 aromatic carbocycles. The van der Waals surface area contributed by atoms with Gasteiger partial charge in [-0.15, -0.1) is 0 Å². The van der Waals surface area contributed by atoms with E-state index in [4.69, 9.17) is 4.98 Å². The van der Waals surface area contributed by atoms with Crippen LogP contribution in [0.3, 0.4) is 0 Å². The van der Waals surface area contributed by atoms with E-state index in [-0.39, 0.29) is 17.6 Å². The summed E-state index contributed by atoms with van der Waals surface area (Å²) in [6, 6.07) is 27.3. The molecule has 1 amide bonds. The predicted octanol–water partition coefficient (Wildman–Crippen LogP) is 8.42. The third-order valence-electron chi connectivity index (χ3n) is 9.25. The number of rotatable bonds is 10. The van der Waals surface area contributed by atoms with Crippen LogP contribution in [0.15, 0.2) is 84.9 Å². The lowest BCUT2D eigenvalue weighted by Gasteiger charge is -2.27. The Labute approximate surface area is 255 Å². The molecule has 1 heterocycles. The fraction of sp³-hybridized carbons (Fsp3) is 0.359. The number of amides is 1. The minimum Gasteiger partial charge on any atom is -0.356 e. The van der Waals surface area contributed by atoms with E-state index in [0.29, 0.717) is 31.7 Å². The highest BCUT2D eigenvalue weighted by Gasteiger charge is 2.31. The van der Waals surface area contributed by atoms with Gasteiger partial charge < -0.3 is 5.32 Å². The van der Waals surface area contributed by atoms with Crippen molar-refractivity contribution in [1.82, 2.24) is 10.3 Å². The van der Waals surface area contributed by atoms with E-state index in [1.54, 1.807) is 0 Å². The van der Waals surface area contributed by atoms with Crippen molar-refractivity contribution >= 4 is 28.7 Å². The van der Waals surface area contributed by atoms with E-state index >= 15 is 0 Å². The van der Waals surface area contributed by atoms with E-state index < -0.39 is 0 Å². The minimum absolute atomic E-state index is 0.138. The molecule has 4 heteroatoms. The van der Waals surface area contributed by atoms with Gasteiger partial charge in [0.25, 0.3) is 0 Å². The number of hydrogen-bond acceptors (Lipinski definition) is 3. The van der Waals surface area contributed by atoms with E-state index in [9.17, 15) is 9.59 Å². The van der Waals surface area contributed by atoms with Crippen molar-refractivity contribution < 1.29 is 9.59 Å². The molecule has 1 unspecified atom stereocenters. The molecular weight excluding hydrogens is 528 g/mol. The summed E-state index contributed by atoms with van der Waals surface area (Å²) in [7, 11) is 0. The average molecular weight is 571 g/mol. The van der Waals surface area contributed by atoms with Crippen LogP contribution in [0, 0.1) is 5.92 Å². The largest absolute Gasteiger partial charge is 0.356 e. The van der Waals surface area contributed by atoms with Gasteiger partial charge >= 0.3 is 0 Å².